The van der Waals surface area contributed by atoms with Crippen LogP contribution in [-0.4, -0.2) is 45.4 Å². The Hall–Kier alpha value is -4.01. The first-order chi connectivity index (χ1) is 16.0. The average Bonchev–Trinajstić information content (AvgIpc) is 2.83. The first-order valence-corrected chi connectivity index (χ1v) is 10.4. The third-order valence-corrected chi connectivity index (χ3v) is 4.99. The number of carbonyl (C=O) groups excluding carboxylic acids is 3. The molecule has 174 valence electrons. The highest BCUT2D eigenvalue weighted by Gasteiger charge is 2.34. The summed E-state index contributed by atoms with van der Waals surface area (Å²) in [7, 11) is 3.03. The van der Waals surface area contributed by atoms with Crippen molar-refractivity contribution >= 4 is 18.0 Å². The molecule has 2 aromatic rings. The zero-order valence-corrected chi connectivity index (χ0v) is 18.7. The Bertz CT molecular complexity index is 1050. The third-order valence-electron chi connectivity index (χ3n) is 4.99. The number of amides is 2. The molecule has 2 aromatic carbocycles. The first-order valence-electron chi connectivity index (χ1n) is 10.4. The van der Waals surface area contributed by atoms with Gasteiger partial charge in [-0.25, -0.2) is 9.59 Å². The number of urea groups is 1. The van der Waals surface area contributed by atoms with Gasteiger partial charge in [-0.2, -0.15) is 0 Å². The van der Waals surface area contributed by atoms with Gasteiger partial charge in [-0.05, 0) is 18.6 Å². The Kier molecular flexibility index (Phi) is 7.91. The molecule has 2 amide bonds. The zero-order valence-electron chi connectivity index (χ0n) is 18.7. The quantitative estimate of drug-likeness (QED) is 0.560. The van der Waals surface area contributed by atoms with Crippen LogP contribution < -0.4 is 20.1 Å². The summed E-state index contributed by atoms with van der Waals surface area (Å²) in [6.45, 7) is 1.54. The van der Waals surface area contributed by atoms with Crippen molar-refractivity contribution in [2.24, 2.45) is 0 Å². The maximum Gasteiger partial charge on any atom is 0.338 e. The second kappa shape index (κ2) is 11.0. The molecule has 0 aromatic heterocycles. The summed E-state index contributed by atoms with van der Waals surface area (Å²) in [5.74, 6) is -0.0884. The van der Waals surface area contributed by atoms with Gasteiger partial charge in [0.15, 0.2) is 0 Å². The number of rotatable bonds is 9. The van der Waals surface area contributed by atoms with Crippen molar-refractivity contribution in [1.29, 1.82) is 0 Å². The van der Waals surface area contributed by atoms with Gasteiger partial charge in [0.25, 0.3) is 0 Å². The largest absolute Gasteiger partial charge is 0.497 e. The van der Waals surface area contributed by atoms with Crippen LogP contribution in [0.5, 0.6) is 11.5 Å². The number of methoxy groups -OCH3 is 2. The lowest BCUT2D eigenvalue weighted by molar-refractivity contribution is -0.143. The molecule has 1 aliphatic heterocycles. The van der Waals surface area contributed by atoms with E-state index < -0.39 is 24.0 Å². The van der Waals surface area contributed by atoms with Gasteiger partial charge in [0, 0.05) is 11.6 Å². The predicted molar refractivity (Wildman–Crippen MR) is 119 cm³/mol. The van der Waals surface area contributed by atoms with Crippen LogP contribution in [0.15, 0.2) is 59.8 Å². The molecule has 0 bridgehead atoms. The maximum atomic E-state index is 12.7. The summed E-state index contributed by atoms with van der Waals surface area (Å²) < 4.78 is 21.1. The van der Waals surface area contributed by atoms with Crippen LogP contribution in [-0.2, 0) is 25.5 Å². The van der Waals surface area contributed by atoms with E-state index in [-0.39, 0.29) is 30.9 Å². The molecule has 0 saturated carbocycles. The van der Waals surface area contributed by atoms with Crippen LogP contribution in [0.3, 0.4) is 0 Å². The smallest absolute Gasteiger partial charge is 0.338 e. The lowest BCUT2D eigenvalue weighted by Gasteiger charge is -2.29. The van der Waals surface area contributed by atoms with E-state index in [4.69, 9.17) is 18.9 Å². The van der Waals surface area contributed by atoms with Gasteiger partial charge in [0.1, 0.15) is 18.1 Å². The average molecular weight is 454 g/mol. The summed E-state index contributed by atoms with van der Waals surface area (Å²) in [5, 5.41) is 5.30. The molecule has 9 heteroatoms. The number of ether oxygens (including phenoxy) is 4. The molecular formula is C24H26N2O7. The Morgan fingerprint density at radius 2 is 1.76 bits per heavy atom. The minimum atomic E-state index is -0.741. The van der Waals surface area contributed by atoms with E-state index in [1.54, 1.807) is 49.4 Å². The number of hydrogen-bond donors (Lipinski definition) is 2. The van der Waals surface area contributed by atoms with E-state index >= 15 is 0 Å². The summed E-state index contributed by atoms with van der Waals surface area (Å²) >= 11 is 0. The fraction of sp³-hybridized carbons (Fsp3) is 0.292. The molecule has 3 rings (SSSR count). The number of nitrogens with one attached hydrogen (secondary N) is 2. The summed E-state index contributed by atoms with van der Waals surface area (Å²) in [6, 6.07) is 12.8. The van der Waals surface area contributed by atoms with Crippen LogP contribution in [0, 0.1) is 0 Å². The lowest BCUT2D eigenvalue weighted by atomic mass is 9.95. The maximum absolute atomic E-state index is 12.7. The van der Waals surface area contributed by atoms with Crippen LogP contribution >= 0.6 is 0 Å². The molecule has 1 heterocycles. The molecule has 9 nitrogen and oxygen atoms in total. The SMILES string of the molecule is CCOC(=O)C1=C(COC(=O)Cc2ccc(OC)cc2OC)NC(=O)NC1c1ccccc1. The summed E-state index contributed by atoms with van der Waals surface area (Å²) in [4.78, 5) is 37.6. The van der Waals surface area contributed by atoms with Crippen LogP contribution in [0.4, 0.5) is 4.79 Å². The van der Waals surface area contributed by atoms with Crippen molar-refractivity contribution in [3.8, 4) is 11.5 Å². The van der Waals surface area contributed by atoms with E-state index in [9.17, 15) is 14.4 Å². The second-order valence-corrected chi connectivity index (χ2v) is 7.07. The standard InChI is InChI=1S/C24H26N2O7/c1-4-32-23(28)21-18(25-24(29)26-22(21)15-8-6-5-7-9-15)14-33-20(27)12-16-10-11-17(30-2)13-19(16)31-3/h5-11,13,22H,4,12,14H2,1-3H3,(H2,25,26,29). The molecule has 0 saturated heterocycles. The highest BCUT2D eigenvalue weighted by molar-refractivity contribution is 5.95. The third kappa shape index (κ3) is 5.82. The molecule has 33 heavy (non-hydrogen) atoms. The molecule has 1 atom stereocenters. The van der Waals surface area contributed by atoms with Crippen molar-refractivity contribution in [3.63, 3.8) is 0 Å². The first kappa shape index (κ1) is 23.6. The van der Waals surface area contributed by atoms with Gasteiger partial charge in [0.05, 0.1) is 44.6 Å². The summed E-state index contributed by atoms with van der Waals surface area (Å²) in [6.07, 6.45) is -0.0660. The predicted octanol–water partition coefficient (Wildman–Crippen LogP) is 2.66. The minimum Gasteiger partial charge on any atom is -0.497 e. The Morgan fingerprint density at radius 1 is 1.00 bits per heavy atom. The Morgan fingerprint density at radius 3 is 2.42 bits per heavy atom. The minimum absolute atomic E-state index is 0.0660. The van der Waals surface area contributed by atoms with Crippen molar-refractivity contribution in [2.75, 3.05) is 27.4 Å². The van der Waals surface area contributed by atoms with Crippen LogP contribution in [0.1, 0.15) is 24.1 Å². The molecule has 1 unspecified atom stereocenters. The molecule has 0 fully saturated rings. The molecule has 1 aliphatic rings. The number of benzene rings is 2. The molecule has 0 radical (unpaired) electrons. The summed E-state index contributed by atoms with van der Waals surface area (Å²) in [5.41, 5.74) is 1.65. The zero-order chi connectivity index (χ0) is 23.8. The van der Waals surface area contributed by atoms with Crippen molar-refractivity contribution in [1.82, 2.24) is 10.6 Å². The van der Waals surface area contributed by atoms with E-state index in [2.05, 4.69) is 10.6 Å². The van der Waals surface area contributed by atoms with Gasteiger partial charge >= 0.3 is 18.0 Å². The number of esters is 2. The number of carbonyl (C=O) groups is 3. The monoisotopic (exact) mass is 454 g/mol. The fourth-order valence-electron chi connectivity index (χ4n) is 3.43. The van der Waals surface area contributed by atoms with Gasteiger partial charge in [-0.15, -0.1) is 0 Å². The van der Waals surface area contributed by atoms with E-state index in [0.29, 0.717) is 22.6 Å². The van der Waals surface area contributed by atoms with Crippen molar-refractivity contribution < 1.29 is 33.3 Å². The van der Waals surface area contributed by atoms with E-state index in [0.717, 1.165) is 0 Å². The molecule has 0 aliphatic carbocycles. The van der Waals surface area contributed by atoms with Crippen LogP contribution in [0.2, 0.25) is 0 Å². The van der Waals surface area contributed by atoms with Gasteiger partial charge in [-0.1, -0.05) is 36.4 Å². The number of hydrogen-bond acceptors (Lipinski definition) is 7. The fourth-order valence-corrected chi connectivity index (χ4v) is 3.43. The van der Waals surface area contributed by atoms with E-state index in [1.807, 2.05) is 6.07 Å². The lowest BCUT2D eigenvalue weighted by Crippen LogP contribution is -2.47. The molecule has 2 N–H and O–H groups in total. The van der Waals surface area contributed by atoms with Gasteiger partial charge in [0.2, 0.25) is 0 Å². The van der Waals surface area contributed by atoms with Gasteiger partial charge < -0.3 is 29.6 Å². The highest BCUT2D eigenvalue weighted by atomic mass is 16.5. The molecular weight excluding hydrogens is 428 g/mol. The molecule has 0 spiro atoms. The van der Waals surface area contributed by atoms with Gasteiger partial charge in [-0.3, -0.25) is 4.79 Å². The van der Waals surface area contributed by atoms with Crippen molar-refractivity contribution in [3.05, 3.63) is 70.9 Å². The van der Waals surface area contributed by atoms with E-state index in [1.165, 1.54) is 14.2 Å². The topological polar surface area (TPSA) is 112 Å². The Balaban J connectivity index is 1.82. The second-order valence-electron chi connectivity index (χ2n) is 7.07. The highest BCUT2D eigenvalue weighted by Crippen LogP contribution is 2.28. The van der Waals surface area contributed by atoms with Crippen LogP contribution in [0.25, 0.3) is 0 Å². The Labute approximate surface area is 191 Å². The normalized spacial score (nSPS) is 15.2. The van der Waals surface area contributed by atoms with Crippen molar-refractivity contribution in [2.45, 2.75) is 19.4 Å².